The first-order valence-corrected chi connectivity index (χ1v) is 10.0. The Labute approximate surface area is 149 Å². The summed E-state index contributed by atoms with van der Waals surface area (Å²) < 4.78 is 5.31. The number of hydrogen-bond donors (Lipinski definition) is 0. The standard InChI is InChI=1S/C17H18ClNO2S2/c1-9(2)23-17-13(18)7-6-11(16(17)22-3)14(20)12-8-19-21-15(12)10-4-5-10/h6-10H,4-5H2,1-3H3. The number of rotatable bonds is 6. The van der Waals surface area contributed by atoms with Crippen molar-refractivity contribution < 1.29 is 9.32 Å². The van der Waals surface area contributed by atoms with Crippen molar-refractivity contribution >= 4 is 40.9 Å². The minimum atomic E-state index is -0.0280. The third-order valence-electron chi connectivity index (χ3n) is 3.66. The molecule has 3 rings (SSSR count). The average molecular weight is 368 g/mol. The van der Waals surface area contributed by atoms with Crippen LogP contribution in [0.1, 0.15) is 54.3 Å². The summed E-state index contributed by atoms with van der Waals surface area (Å²) >= 11 is 9.61. The Hall–Kier alpha value is -0.910. The zero-order chi connectivity index (χ0) is 16.6. The van der Waals surface area contributed by atoms with Crippen LogP contribution in [0.5, 0.6) is 0 Å². The molecule has 0 saturated heterocycles. The van der Waals surface area contributed by atoms with Gasteiger partial charge in [0.05, 0.1) is 16.8 Å². The second-order valence-electron chi connectivity index (χ2n) is 5.83. The second kappa shape index (κ2) is 6.91. The highest BCUT2D eigenvalue weighted by Gasteiger charge is 2.33. The maximum absolute atomic E-state index is 13.0. The van der Waals surface area contributed by atoms with E-state index in [0.717, 1.165) is 28.4 Å². The Morgan fingerprint density at radius 1 is 1.30 bits per heavy atom. The van der Waals surface area contributed by atoms with Crippen LogP contribution in [0.25, 0.3) is 0 Å². The van der Waals surface area contributed by atoms with E-state index in [-0.39, 0.29) is 5.78 Å². The normalized spacial score (nSPS) is 14.5. The quantitative estimate of drug-likeness (QED) is 0.487. The van der Waals surface area contributed by atoms with Crippen molar-refractivity contribution in [1.29, 1.82) is 0 Å². The van der Waals surface area contributed by atoms with E-state index in [1.54, 1.807) is 29.7 Å². The average Bonchev–Trinajstić information content (AvgIpc) is 3.25. The monoisotopic (exact) mass is 367 g/mol. The molecule has 3 nitrogen and oxygen atoms in total. The number of halogens is 1. The molecule has 122 valence electrons. The van der Waals surface area contributed by atoms with Gasteiger partial charge in [0, 0.05) is 26.5 Å². The van der Waals surface area contributed by atoms with Crippen LogP contribution in [-0.2, 0) is 0 Å². The highest BCUT2D eigenvalue weighted by atomic mass is 35.5. The van der Waals surface area contributed by atoms with Crippen LogP contribution in [-0.4, -0.2) is 22.4 Å². The van der Waals surface area contributed by atoms with Crippen molar-refractivity contribution in [3.05, 3.63) is 40.2 Å². The van der Waals surface area contributed by atoms with E-state index < -0.39 is 0 Å². The summed E-state index contributed by atoms with van der Waals surface area (Å²) in [4.78, 5) is 14.9. The Balaban J connectivity index is 2.04. The van der Waals surface area contributed by atoms with Crippen molar-refractivity contribution in [3.8, 4) is 0 Å². The van der Waals surface area contributed by atoms with Crippen molar-refractivity contribution in [2.45, 2.75) is 47.6 Å². The maximum Gasteiger partial charge on any atom is 0.199 e. The molecule has 1 fully saturated rings. The van der Waals surface area contributed by atoms with Crippen LogP contribution >= 0.6 is 35.1 Å². The minimum absolute atomic E-state index is 0.0280. The summed E-state index contributed by atoms with van der Waals surface area (Å²) in [7, 11) is 0. The minimum Gasteiger partial charge on any atom is -0.360 e. The fourth-order valence-electron chi connectivity index (χ4n) is 2.47. The van der Waals surface area contributed by atoms with Crippen molar-refractivity contribution in [1.82, 2.24) is 5.16 Å². The van der Waals surface area contributed by atoms with Crippen LogP contribution in [0.4, 0.5) is 0 Å². The molecule has 0 radical (unpaired) electrons. The molecule has 0 amide bonds. The molecule has 0 unspecified atom stereocenters. The van der Waals surface area contributed by atoms with E-state index in [1.165, 1.54) is 0 Å². The first-order valence-electron chi connectivity index (χ1n) is 7.55. The third kappa shape index (κ3) is 3.47. The summed E-state index contributed by atoms with van der Waals surface area (Å²) in [6.45, 7) is 4.23. The molecule has 0 atom stereocenters. The van der Waals surface area contributed by atoms with Gasteiger partial charge in [-0.15, -0.1) is 23.5 Å². The molecule has 0 N–H and O–H groups in total. The molecule has 1 heterocycles. The molecule has 23 heavy (non-hydrogen) atoms. The van der Waals surface area contributed by atoms with Gasteiger partial charge in [-0.05, 0) is 31.2 Å². The number of carbonyl (C=O) groups is 1. The van der Waals surface area contributed by atoms with Gasteiger partial charge < -0.3 is 4.52 Å². The van der Waals surface area contributed by atoms with Gasteiger partial charge in [0.25, 0.3) is 0 Å². The van der Waals surface area contributed by atoms with E-state index >= 15 is 0 Å². The molecular weight excluding hydrogens is 350 g/mol. The molecule has 0 aliphatic heterocycles. The molecule has 1 aromatic carbocycles. The predicted octanol–water partition coefficient (Wildman–Crippen LogP) is 5.66. The molecule has 6 heteroatoms. The van der Waals surface area contributed by atoms with Gasteiger partial charge >= 0.3 is 0 Å². The van der Waals surface area contributed by atoms with E-state index in [0.29, 0.717) is 27.3 Å². The summed E-state index contributed by atoms with van der Waals surface area (Å²) in [5.41, 5.74) is 1.26. The highest BCUT2D eigenvalue weighted by Crippen LogP contribution is 2.44. The molecule has 1 aliphatic carbocycles. The zero-order valence-corrected chi connectivity index (χ0v) is 15.6. The van der Waals surface area contributed by atoms with Crippen molar-refractivity contribution in [3.63, 3.8) is 0 Å². The number of ketones is 1. The van der Waals surface area contributed by atoms with Gasteiger partial charge in [0.15, 0.2) is 11.5 Å². The second-order valence-corrected chi connectivity index (χ2v) is 8.64. The smallest absolute Gasteiger partial charge is 0.199 e. The Kier molecular flexibility index (Phi) is 5.09. The van der Waals surface area contributed by atoms with Gasteiger partial charge in [-0.25, -0.2) is 0 Å². The van der Waals surface area contributed by atoms with E-state index in [1.807, 2.05) is 18.4 Å². The summed E-state index contributed by atoms with van der Waals surface area (Å²) in [6.07, 6.45) is 5.66. The Morgan fingerprint density at radius 3 is 2.65 bits per heavy atom. The van der Waals surface area contributed by atoms with E-state index in [4.69, 9.17) is 16.1 Å². The van der Waals surface area contributed by atoms with E-state index in [9.17, 15) is 4.79 Å². The van der Waals surface area contributed by atoms with Crippen molar-refractivity contribution in [2.24, 2.45) is 0 Å². The highest BCUT2D eigenvalue weighted by molar-refractivity contribution is 8.02. The van der Waals surface area contributed by atoms with Gasteiger partial charge in [-0.3, -0.25) is 4.79 Å². The van der Waals surface area contributed by atoms with Crippen LogP contribution in [0, 0.1) is 0 Å². The lowest BCUT2D eigenvalue weighted by molar-refractivity contribution is 0.103. The molecule has 2 aromatic rings. The lowest BCUT2D eigenvalue weighted by Gasteiger charge is -2.15. The summed E-state index contributed by atoms with van der Waals surface area (Å²) in [6, 6.07) is 3.62. The first-order chi connectivity index (χ1) is 11.0. The Bertz CT molecular complexity index is 738. The number of benzene rings is 1. The number of carbonyl (C=O) groups excluding carboxylic acids is 1. The largest absolute Gasteiger partial charge is 0.360 e. The predicted molar refractivity (Wildman–Crippen MR) is 96.1 cm³/mol. The van der Waals surface area contributed by atoms with Crippen LogP contribution in [0.2, 0.25) is 5.02 Å². The first kappa shape index (κ1) is 16.9. The maximum atomic E-state index is 13.0. The third-order valence-corrected chi connectivity index (χ3v) is 6.18. The van der Waals surface area contributed by atoms with Crippen molar-refractivity contribution in [2.75, 3.05) is 6.26 Å². The van der Waals surface area contributed by atoms with Gasteiger partial charge in [-0.2, -0.15) is 0 Å². The van der Waals surface area contributed by atoms with E-state index in [2.05, 4.69) is 19.0 Å². The van der Waals surface area contributed by atoms with Gasteiger partial charge in [0.2, 0.25) is 0 Å². The molecule has 0 spiro atoms. The van der Waals surface area contributed by atoms with Crippen LogP contribution in [0.15, 0.2) is 32.6 Å². The number of thioether (sulfide) groups is 2. The molecule has 0 bridgehead atoms. The van der Waals surface area contributed by atoms with Gasteiger partial charge in [0.1, 0.15) is 0 Å². The molecular formula is C17H18ClNO2S2. The molecule has 1 saturated carbocycles. The topological polar surface area (TPSA) is 43.1 Å². The molecule has 1 aromatic heterocycles. The van der Waals surface area contributed by atoms with Crippen LogP contribution < -0.4 is 0 Å². The van der Waals surface area contributed by atoms with Crippen LogP contribution in [0.3, 0.4) is 0 Å². The Morgan fingerprint density at radius 2 is 2.04 bits per heavy atom. The summed E-state index contributed by atoms with van der Waals surface area (Å²) in [5.74, 6) is 1.06. The number of nitrogens with zero attached hydrogens (tertiary/aromatic N) is 1. The molecule has 1 aliphatic rings. The fourth-order valence-corrected chi connectivity index (χ4v) is 4.76. The summed E-state index contributed by atoms with van der Waals surface area (Å²) in [5, 5.41) is 4.92. The lowest BCUT2D eigenvalue weighted by atomic mass is 10.0. The fraction of sp³-hybridized carbons (Fsp3) is 0.412. The zero-order valence-electron chi connectivity index (χ0n) is 13.3. The van der Waals surface area contributed by atoms with Gasteiger partial charge in [-0.1, -0.05) is 30.6 Å². The lowest BCUT2D eigenvalue weighted by Crippen LogP contribution is -2.06. The number of hydrogen-bond acceptors (Lipinski definition) is 5. The SMILES string of the molecule is CSc1c(C(=O)c2cnoc2C2CC2)ccc(Cl)c1SC(C)C. The number of aromatic nitrogens is 1.